The van der Waals surface area contributed by atoms with E-state index in [-0.39, 0.29) is 0 Å². The SMILES string of the molecule is CCCCCCc1ccc(OC(C)C(C)S(=O)(=O)O)c(CCCCCC)c1. The zero-order valence-electron chi connectivity index (χ0n) is 17.5. The Balaban J connectivity index is 2.86. The quantitative estimate of drug-likeness (QED) is 0.309. The summed E-state index contributed by atoms with van der Waals surface area (Å²) in [6.07, 6.45) is 11.1. The molecule has 0 radical (unpaired) electrons. The van der Waals surface area contributed by atoms with Crippen LogP contribution in [-0.4, -0.2) is 24.3 Å². The van der Waals surface area contributed by atoms with Crippen molar-refractivity contribution in [3.05, 3.63) is 29.3 Å². The highest BCUT2D eigenvalue weighted by Crippen LogP contribution is 2.26. The van der Waals surface area contributed by atoms with Gasteiger partial charge in [0.25, 0.3) is 10.1 Å². The van der Waals surface area contributed by atoms with Crippen molar-refractivity contribution in [3.8, 4) is 5.75 Å². The van der Waals surface area contributed by atoms with Gasteiger partial charge < -0.3 is 4.74 Å². The molecule has 1 aromatic rings. The molecule has 0 aliphatic rings. The van der Waals surface area contributed by atoms with E-state index < -0.39 is 21.5 Å². The summed E-state index contributed by atoms with van der Waals surface area (Å²) in [4.78, 5) is 0. The van der Waals surface area contributed by atoms with Gasteiger partial charge in [-0.15, -0.1) is 0 Å². The highest BCUT2D eigenvalue weighted by molar-refractivity contribution is 7.86. The van der Waals surface area contributed by atoms with Crippen LogP contribution in [0, 0.1) is 0 Å². The minimum absolute atomic E-state index is 0.607. The number of rotatable bonds is 14. The van der Waals surface area contributed by atoms with Gasteiger partial charge in [-0.3, -0.25) is 4.55 Å². The molecule has 0 aliphatic heterocycles. The highest BCUT2D eigenvalue weighted by Gasteiger charge is 2.26. The Morgan fingerprint density at radius 1 is 0.926 bits per heavy atom. The normalized spacial score (nSPS) is 14.1. The predicted molar refractivity (Wildman–Crippen MR) is 113 cm³/mol. The van der Waals surface area contributed by atoms with Gasteiger partial charge in [0, 0.05) is 0 Å². The molecule has 0 saturated carbocycles. The molecule has 27 heavy (non-hydrogen) atoms. The molecule has 2 unspecified atom stereocenters. The van der Waals surface area contributed by atoms with Crippen molar-refractivity contribution in [1.82, 2.24) is 0 Å². The maximum Gasteiger partial charge on any atom is 0.271 e. The highest BCUT2D eigenvalue weighted by atomic mass is 32.2. The second-order valence-electron chi connectivity index (χ2n) is 7.61. The maximum atomic E-state index is 11.4. The molecule has 0 heterocycles. The summed E-state index contributed by atoms with van der Waals surface area (Å²) >= 11 is 0. The molecule has 0 aliphatic carbocycles. The molecule has 0 spiro atoms. The zero-order chi connectivity index (χ0) is 20.3. The molecule has 0 bridgehead atoms. The smallest absolute Gasteiger partial charge is 0.271 e. The van der Waals surface area contributed by atoms with E-state index in [2.05, 4.69) is 26.0 Å². The van der Waals surface area contributed by atoms with E-state index in [4.69, 9.17) is 4.74 Å². The van der Waals surface area contributed by atoms with Gasteiger partial charge in [0.2, 0.25) is 0 Å². The van der Waals surface area contributed by atoms with E-state index in [9.17, 15) is 13.0 Å². The zero-order valence-corrected chi connectivity index (χ0v) is 18.4. The summed E-state index contributed by atoms with van der Waals surface area (Å²) in [5.74, 6) is 0.742. The van der Waals surface area contributed by atoms with Crippen LogP contribution in [0.1, 0.15) is 90.2 Å². The molecule has 156 valence electrons. The van der Waals surface area contributed by atoms with Crippen molar-refractivity contribution in [2.45, 2.75) is 103 Å². The first-order chi connectivity index (χ1) is 12.8. The molecule has 2 atom stereocenters. The van der Waals surface area contributed by atoms with Gasteiger partial charge in [-0.1, -0.05) is 64.5 Å². The number of ether oxygens (including phenoxy) is 1. The second-order valence-corrected chi connectivity index (χ2v) is 9.38. The van der Waals surface area contributed by atoms with Crippen molar-refractivity contribution in [3.63, 3.8) is 0 Å². The predicted octanol–water partition coefficient (Wildman–Crippen LogP) is 5.98. The van der Waals surface area contributed by atoms with Crippen molar-refractivity contribution < 1.29 is 17.7 Å². The molecule has 0 fully saturated rings. The molecule has 1 rings (SSSR count). The van der Waals surface area contributed by atoms with Crippen molar-refractivity contribution >= 4 is 10.1 Å². The Labute approximate surface area is 166 Å². The van der Waals surface area contributed by atoms with Crippen molar-refractivity contribution in [2.24, 2.45) is 0 Å². The minimum atomic E-state index is -4.11. The first-order valence-corrected chi connectivity index (χ1v) is 12.0. The van der Waals surface area contributed by atoms with Crippen LogP contribution in [0.3, 0.4) is 0 Å². The van der Waals surface area contributed by atoms with Crippen LogP contribution in [-0.2, 0) is 23.0 Å². The number of hydrogen-bond acceptors (Lipinski definition) is 3. The third-order valence-corrected chi connectivity index (χ3v) is 6.51. The average molecular weight is 399 g/mol. The summed E-state index contributed by atoms with van der Waals surface area (Å²) in [7, 11) is -4.11. The van der Waals surface area contributed by atoms with Gasteiger partial charge in [-0.25, -0.2) is 0 Å². The van der Waals surface area contributed by atoms with E-state index in [0.717, 1.165) is 30.6 Å². The summed E-state index contributed by atoms with van der Waals surface area (Å²) < 4.78 is 38.0. The molecule has 0 saturated heterocycles. The van der Waals surface area contributed by atoms with Gasteiger partial charge >= 0.3 is 0 Å². The van der Waals surface area contributed by atoms with E-state index in [1.807, 2.05) is 6.07 Å². The van der Waals surface area contributed by atoms with Gasteiger partial charge in [0.15, 0.2) is 0 Å². The number of hydrogen-bond donors (Lipinski definition) is 1. The second kappa shape index (κ2) is 12.4. The lowest BCUT2D eigenvalue weighted by Crippen LogP contribution is -2.33. The van der Waals surface area contributed by atoms with Gasteiger partial charge in [0.05, 0.1) is 0 Å². The summed E-state index contributed by atoms with van der Waals surface area (Å²) in [5.41, 5.74) is 2.47. The Morgan fingerprint density at radius 2 is 1.52 bits per heavy atom. The Bertz CT molecular complexity index is 640. The standard InChI is InChI=1S/C22H38O4S/c1-5-7-9-11-13-20-15-16-22(21(17-20)14-12-10-8-6-2)26-18(3)19(4)27(23,24)25/h15-19H,5-14H2,1-4H3,(H,23,24,25). The van der Waals surface area contributed by atoms with Crippen LogP contribution in [0.2, 0.25) is 0 Å². The Kier molecular flexibility index (Phi) is 11.0. The van der Waals surface area contributed by atoms with E-state index in [0.29, 0.717) is 0 Å². The Hall–Kier alpha value is -1.07. The lowest BCUT2D eigenvalue weighted by molar-refractivity contribution is 0.212. The van der Waals surface area contributed by atoms with Crippen LogP contribution in [0.4, 0.5) is 0 Å². The fraction of sp³-hybridized carbons (Fsp3) is 0.727. The van der Waals surface area contributed by atoms with Crippen LogP contribution in [0.5, 0.6) is 5.75 Å². The molecule has 0 aromatic heterocycles. The lowest BCUT2D eigenvalue weighted by Gasteiger charge is -2.21. The lowest BCUT2D eigenvalue weighted by atomic mass is 9.99. The van der Waals surface area contributed by atoms with Crippen LogP contribution < -0.4 is 4.74 Å². The third kappa shape index (κ3) is 9.11. The van der Waals surface area contributed by atoms with Crippen molar-refractivity contribution in [1.29, 1.82) is 0 Å². The van der Waals surface area contributed by atoms with E-state index in [1.165, 1.54) is 57.4 Å². The molecule has 1 aromatic carbocycles. The van der Waals surface area contributed by atoms with Gasteiger partial charge in [0.1, 0.15) is 17.1 Å². The first kappa shape index (κ1) is 24.0. The number of unbranched alkanes of at least 4 members (excludes halogenated alkanes) is 6. The topological polar surface area (TPSA) is 63.6 Å². The fourth-order valence-electron chi connectivity index (χ4n) is 3.14. The molecule has 1 N–H and O–H groups in total. The largest absolute Gasteiger partial charge is 0.489 e. The maximum absolute atomic E-state index is 11.4. The van der Waals surface area contributed by atoms with Gasteiger partial charge in [-0.2, -0.15) is 8.42 Å². The van der Waals surface area contributed by atoms with Gasteiger partial charge in [-0.05, 0) is 56.7 Å². The first-order valence-electron chi connectivity index (χ1n) is 10.5. The molecule has 5 heteroatoms. The fourth-order valence-corrected chi connectivity index (χ4v) is 3.67. The molecule has 0 amide bonds. The monoisotopic (exact) mass is 398 g/mol. The molecular formula is C22H38O4S. The summed E-state index contributed by atoms with van der Waals surface area (Å²) in [6, 6.07) is 6.28. The van der Waals surface area contributed by atoms with Crippen LogP contribution in [0.15, 0.2) is 18.2 Å². The third-order valence-electron chi connectivity index (χ3n) is 5.19. The summed E-state index contributed by atoms with van der Waals surface area (Å²) in [6.45, 7) is 7.58. The van der Waals surface area contributed by atoms with E-state index >= 15 is 0 Å². The van der Waals surface area contributed by atoms with Crippen molar-refractivity contribution in [2.75, 3.05) is 0 Å². The van der Waals surface area contributed by atoms with E-state index in [1.54, 1.807) is 6.92 Å². The molecular weight excluding hydrogens is 360 g/mol. The minimum Gasteiger partial charge on any atom is -0.489 e. The average Bonchev–Trinajstić information content (AvgIpc) is 2.62. The Morgan fingerprint density at radius 3 is 2.07 bits per heavy atom. The van der Waals surface area contributed by atoms with Crippen LogP contribution >= 0.6 is 0 Å². The number of aryl methyl sites for hydroxylation is 2. The van der Waals surface area contributed by atoms with Crippen LogP contribution in [0.25, 0.3) is 0 Å². The molecule has 4 nitrogen and oxygen atoms in total. The number of benzene rings is 1. The summed E-state index contributed by atoms with van der Waals surface area (Å²) in [5, 5.41) is -0.959.